The molecule has 0 spiro atoms. The summed E-state index contributed by atoms with van der Waals surface area (Å²) in [5.41, 5.74) is 8.07. The summed E-state index contributed by atoms with van der Waals surface area (Å²) in [6.07, 6.45) is 2.63. The number of benzene rings is 2. The quantitative estimate of drug-likeness (QED) is 0.410. The van der Waals surface area contributed by atoms with Crippen molar-refractivity contribution in [1.29, 1.82) is 0 Å². The number of hydrogen-bond donors (Lipinski definition) is 4. The standard InChI is InChI=1S/C26H32Cl2N6O4/c1-2-38-34-22-14-23(35)33-26(29)31-15-17-12-20(27)25(21(28)13-17)32-24(36)16-30-10-4-3-5-11-37-19-8-6-18(22)7-9-19/h6-9,12-13,30H,2-5,10-11,14-16H2,1H3,(H,32,36)(H3,29,31,33,35)/b34-22-. The number of ether oxygens (including phenoxy) is 1. The van der Waals surface area contributed by atoms with E-state index in [1.165, 1.54) is 0 Å². The number of nitrogens with two attached hydrogens (primary N) is 1. The van der Waals surface area contributed by atoms with Crippen LogP contribution in [0.3, 0.4) is 0 Å². The van der Waals surface area contributed by atoms with Gasteiger partial charge in [-0.25, -0.2) is 4.99 Å². The molecule has 4 aliphatic heterocycles. The van der Waals surface area contributed by atoms with E-state index in [0.717, 1.165) is 30.6 Å². The summed E-state index contributed by atoms with van der Waals surface area (Å²) in [6, 6.07) is 10.6. The second kappa shape index (κ2) is 15.2. The number of halogens is 2. The maximum absolute atomic E-state index is 12.7. The van der Waals surface area contributed by atoms with Crippen LogP contribution in [-0.4, -0.2) is 49.8 Å². The van der Waals surface area contributed by atoms with Crippen molar-refractivity contribution in [3.8, 4) is 5.75 Å². The molecule has 2 aromatic rings. The highest BCUT2D eigenvalue weighted by molar-refractivity contribution is 6.39. The molecule has 0 radical (unpaired) electrons. The molecule has 4 bridgehead atoms. The van der Waals surface area contributed by atoms with E-state index in [-0.39, 0.29) is 41.4 Å². The smallest absolute Gasteiger partial charge is 0.238 e. The summed E-state index contributed by atoms with van der Waals surface area (Å²) in [5.74, 6) is -0.0140. The average Bonchev–Trinajstić information content (AvgIpc) is 2.89. The minimum absolute atomic E-state index is 0.0729. The van der Waals surface area contributed by atoms with Gasteiger partial charge in [0.2, 0.25) is 11.8 Å². The number of nitrogens with one attached hydrogen (secondary N) is 3. The molecule has 0 unspecified atom stereocenters. The van der Waals surface area contributed by atoms with Gasteiger partial charge in [-0.05, 0) is 74.7 Å². The fraction of sp³-hybridized carbons (Fsp3) is 0.385. The van der Waals surface area contributed by atoms with Gasteiger partial charge in [0.1, 0.15) is 12.4 Å². The van der Waals surface area contributed by atoms with Crippen molar-refractivity contribution >= 4 is 52.4 Å². The summed E-state index contributed by atoms with van der Waals surface area (Å²) in [6.45, 7) is 3.67. The van der Waals surface area contributed by atoms with Crippen LogP contribution in [0.15, 0.2) is 46.5 Å². The highest BCUT2D eigenvalue weighted by Gasteiger charge is 2.14. The summed E-state index contributed by atoms with van der Waals surface area (Å²) in [7, 11) is 0. The van der Waals surface area contributed by atoms with Gasteiger partial charge in [-0.15, -0.1) is 0 Å². The minimum Gasteiger partial charge on any atom is -0.494 e. The van der Waals surface area contributed by atoms with E-state index in [1.54, 1.807) is 12.1 Å². The van der Waals surface area contributed by atoms with Crippen molar-refractivity contribution in [3.63, 3.8) is 0 Å². The van der Waals surface area contributed by atoms with Crippen LogP contribution in [0.25, 0.3) is 0 Å². The molecule has 2 amide bonds. The first-order valence-corrected chi connectivity index (χ1v) is 13.1. The molecule has 10 nitrogen and oxygen atoms in total. The molecule has 0 saturated heterocycles. The lowest BCUT2D eigenvalue weighted by Crippen LogP contribution is -2.37. The lowest BCUT2D eigenvalue weighted by molar-refractivity contribution is -0.118. The monoisotopic (exact) mass is 562 g/mol. The highest BCUT2D eigenvalue weighted by Crippen LogP contribution is 2.32. The highest BCUT2D eigenvalue weighted by atomic mass is 35.5. The zero-order valence-corrected chi connectivity index (χ0v) is 22.7. The molecule has 0 fully saturated rings. The molecule has 12 heteroatoms. The lowest BCUT2D eigenvalue weighted by Gasteiger charge is -2.12. The molecular formula is C26H32Cl2N6O4. The maximum atomic E-state index is 12.7. The number of amides is 2. The minimum atomic E-state index is -0.404. The van der Waals surface area contributed by atoms with E-state index in [1.807, 2.05) is 31.2 Å². The van der Waals surface area contributed by atoms with Crippen molar-refractivity contribution in [1.82, 2.24) is 10.6 Å². The first-order valence-electron chi connectivity index (χ1n) is 12.4. The van der Waals surface area contributed by atoms with Crippen LogP contribution >= 0.6 is 23.2 Å². The fourth-order valence-corrected chi connectivity index (χ4v) is 4.20. The number of anilines is 1. The van der Waals surface area contributed by atoms with Crippen LogP contribution in [0.5, 0.6) is 5.75 Å². The van der Waals surface area contributed by atoms with Crippen LogP contribution in [0.4, 0.5) is 5.69 Å². The lowest BCUT2D eigenvalue weighted by atomic mass is 10.1. The van der Waals surface area contributed by atoms with Crippen molar-refractivity contribution < 1.29 is 19.2 Å². The Morgan fingerprint density at radius 1 is 1.05 bits per heavy atom. The Morgan fingerprint density at radius 3 is 2.50 bits per heavy atom. The first-order chi connectivity index (χ1) is 18.4. The normalized spacial score (nSPS) is 17.6. The molecule has 0 aliphatic carbocycles. The molecule has 4 heterocycles. The van der Waals surface area contributed by atoms with Gasteiger partial charge < -0.3 is 25.9 Å². The number of nitrogens with zero attached hydrogens (tertiary/aromatic N) is 2. The zero-order valence-electron chi connectivity index (χ0n) is 21.2. The molecule has 4 aliphatic rings. The van der Waals surface area contributed by atoms with Crippen molar-refractivity contribution in [2.45, 2.75) is 39.2 Å². The first kappa shape index (κ1) is 29.2. The number of guanidine groups is 1. The number of oxime groups is 1. The van der Waals surface area contributed by atoms with Gasteiger partial charge in [0.15, 0.2) is 5.96 Å². The Balaban J connectivity index is 1.78. The summed E-state index contributed by atoms with van der Waals surface area (Å²) in [4.78, 5) is 34.4. The summed E-state index contributed by atoms with van der Waals surface area (Å²) < 4.78 is 5.82. The van der Waals surface area contributed by atoms with E-state index in [2.05, 4.69) is 26.1 Å². The fourth-order valence-electron chi connectivity index (χ4n) is 3.57. The molecule has 6 rings (SSSR count). The average molecular weight is 563 g/mol. The van der Waals surface area contributed by atoms with Gasteiger partial charge >= 0.3 is 0 Å². The molecule has 5 N–H and O–H groups in total. The molecule has 2 aromatic carbocycles. The van der Waals surface area contributed by atoms with Crippen LogP contribution < -0.4 is 26.4 Å². The van der Waals surface area contributed by atoms with Gasteiger partial charge in [0, 0.05) is 5.56 Å². The van der Waals surface area contributed by atoms with E-state index >= 15 is 0 Å². The third-order valence-corrected chi connectivity index (χ3v) is 6.03. The van der Waals surface area contributed by atoms with Crippen molar-refractivity contribution in [2.24, 2.45) is 15.9 Å². The van der Waals surface area contributed by atoms with Gasteiger partial charge in [-0.2, -0.15) is 0 Å². The summed E-state index contributed by atoms with van der Waals surface area (Å²) >= 11 is 12.7. The molecular weight excluding hydrogens is 531 g/mol. The number of aliphatic imine (C=N–C) groups is 1. The second-order valence-electron chi connectivity index (χ2n) is 8.48. The Bertz CT molecular complexity index is 1150. The largest absolute Gasteiger partial charge is 0.494 e. The molecule has 0 atom stereocenters. The second-order valence-corrected chi connectivity index (χ2v) is 9.29. The van der Waals surface area contributed by atoms with Crippen LogP contribution in [0.2, 0.25) is 10.0 Å². The SMILES string of the molecule is CCO/N=C1/CC(=O)NC(N)=NCc2cc(Cl)c(c(Cl)c2)NC(=O)CNCCCCCOc2ccc1cc2. The third-order valence-electron chi connectivity index (χ3n) is 5.44. The Labute approximate surface area is 231 Å². The number of carbonyl (C=O) groups is 2. The van der Waals surface area contributed by atoms with Crippen LogP contribution in [0.1, 0.15) is 43.7 Å². The van der Waals surface area contributed by atoms with Crippen LogP contribution in [0, 0.1) is 0 Å². The van der Waals surface area contributed by atoms with E-state index in [4.69, 9.17) is 38.5 Å². The maximum Gasteiger partial charge on any atom is 0.238 e. The van der Waals surface area contributed by atoms with Crippen LogP contribution in [-0.2, 0) is 21.0 Å². The van der Waals surface area contributed by atoms with E-state index in [9.17, 15) is 9.59 Å². The molecule has 204 valence electrons. The number of carbonyl (C=O) groups excluding carboxylic acids is 2. The Morgan fingerprint density at radius 2 is 1.79 bits per heavy atom. The Hall–Kier alpha value is -3.34. The van der Waals surface area contributed by atoms with Gasteiger partial charge in [-0.3, -0.25) is 14.9 Å². The number of hydrogen-bond acceptors (Lipinski definition) is 8. The van der Waals surface area contributed by atoms with E-state index < -0.39 is 5.91 Å². The molecule has 0 saturated carbocycles. The predicted octanol–water partition coefficient (Wildman–Crippen LogP) is 3.85. The predicted molar refractivity (Wildman–Crippen MR) is 150 cm³/mol. The molecule has 0 aromatic heterocycles. The summed E-state index contributed by atoms with van der Waals surface area (Å²) in [5, 5.41) is 13.1. The zero-order chi connectivity index (χ0) is 27.3. The topological polar surface area (TPSA) is 139 Å². The van der Waals surface area contributed by atoms with Gasteiger partial charge in [0.25, 0.3) is 0 Å². The number of rotatable bonds is 2. The Kier molecular flexibility index (Phi) is 11.7. The molecule has 38 heavy (non-hydrogen) atoms. The van der Waals surface area contributed by atoms with Crippen molar-refractivity contribution in [2.75, 3.05) is 31.6 Å². The van der Waals surface area contributed by atoms with Gasteiger partial charge in [-0.1, -0.05) is 28.4 Å². The van der Waals surface area contributed by atoms with Crippen molar-refractivity contribution in [3.05, 3.63) is 57.6 Å². The van der Waals surface area contributed by atoms with E-state index in [0.29, 0.717) is 36.7 Å². The third kappa shape index (κ3) is 9.51. The van der Waals surface area contributed by atoms with Gasteiger partial charge in [0.05, 0.1) is 47.6 Å².